The second kappa shape index (κ2) is 4.57. The molecule has 0 unspecified atom stereocenters. The Bertz CT molecular complexity index is 597. The highest BCUT2D eigenvalue weighted by molar-refractivity contribution is 6.34. The second-order valence-corrected chi connectivity index (χ2v) is 4.92. The van der Waals surface area contributed by atoms with E-state index in [0.717, 1.165) is 0 Å². The lowest BCUT2D eigenvalue weighted by Crippen LogP contribution is -2.14. The number of nitrogens with zero attached hydrogens (tertiary/aromatic N) is 4. The predicted octanol–water partition coefficient (Wildman–Crippen LogP) is 2.39. The third-order valence-electron chi connectivity index (χ3n) is 2.71. The van der Waals surface area contributed by atoms with Crippen LogP contribution in [0, 0.1) is 6.92 Å². The standard InChI is InChI=1S/C12H15ClN4O/c1-7(2)17-11(10(13)5-14-17)12(18)9-6-16(4)15-8(9)3/h5-7H,1-4H3. The van der Waals surface area contributed by atoms with Crippen LogP contribution in [-0.2, 0) is 7.05 Å². The summed E-state index contributed by atoms with van der Waals surface area (Å²) in [5.41, 5.74) is 1.67. The van der Waals surface area contributed by atoms with Crippen molar-refractivity contribution in [2.24, 2.45) is 7.05 Å². The van der Waals surface area contributed by atoms with Crippen molar-refractivity contribution in [1.29, 1.82) is 0 Å². The summed E-state index contributed by atoms with van der Waals surface area (Å²) >= 11 is 6.06. The van der Waals surface area contributed by atoms with E-state index in [0.29, 0.717) is 22.0 Å². The molecule has 0 aliphatic carbocycles. The Kier molecular flexibility index (Phi) is 3.26. The van der Waals surface area contributed by atoms with Gasteiger partial charge in [-0.3, -0.25) is 14.2 Å². The first-order valence-electron chi connectivity index (χ1n) is 5.69. The smallest absolute Gasteiger partial charge is 0.216 e. The van der Waals surface area contributed by atoms with Crippen molar-refractivity contribution in [3.8, 4) is 0 Å². The largest absolute Gasteiger partial charge is 0.287 e. The summed E-state index contributed by atoms with van der Waals surface area (Å²) in [5, 5.41) is 8.68. The molecule has 96 valence electrons. The van der Waals surface area contributed by atoms with E-state index in [4.69, 9.17) is 11.6 Å². The highest BCUT2D eigenvalue weighted by Crippen LogP contribution is 2.23. The molecule has 0 atom stereocenters. The number of aryl methyl sites for hydroxylation is 2. The molecule has 5 nitrogen and oxygen atoms in total. The molecule has 2 aromatic heterocycles. The van der Waals surface area contributed by atoms with E-state index in [9.17, 15) is 4.79 Å². The molecule has 0 aliphatic heterocycles. The van der Waals surface area contributed by atoms with Crippen LogP contribution in [0.2, 0.25) is 5.02 Å². The zero-order valence-electron chi connectivity index (χ0n) is 10.8. The quantitative estimate of drug-likeness (QED) is 0.802. The Morgan fingerprint density at radius 1 is 1.44 bits per heavy atom. The fourth-order valence-electron chi connectivity index (χ4n) is 1.90. The molecule has 2 aromatic rings. The molecule has 0 N–H and O–H groups in total. The maximum atomic E-state index is 12.5. The lowest BCUT2D eigenvalue weighted by molar-refractivity contribution is 0.102. The van der Waals surface area contributed by atoms with Crippen LogP contribution in [0.15, 0.2) is 12.4 Å². The van der Waals surface area contributed by atoms with Crippen molar-refractivity contribution in [3.05, 3.63) is 34.4 Å². The maximum absolute atomic E-state index is 12.5. The molecule has 18 heavy (non-hydrogen) atoms. The van der Waals surface area contributed by atoms with Crippen molar-refractivity contribution in [2.75, 3.05) is 0 Å². The van der Waals surface area contributed by atoms with E-state index >= 15 is 0 Å². The summed E-state index contributed by atoms with van der Waals surface area (Å²) in [5.74, 6) is -0.142. The SMILES string of the molecule is Cc1nn(C)cc1C(=O)c1c(Cl)cnn1C(C)C. The van der Waals surface area contributed by atoms with Crippen molar-refractivity contribution in [3.63, 3.8) is 0 Å². The summed E-state index contributed by atoms with van der Waals surface area (Å²) in [6, 6.07) is 0.0772. The molecule has 0 amide bonds. The molecular weight excluding hydrogens is 252 g/mol. The van der Waals surface area contributed by atoms with Gasteiger partial charge in [0.1, 0.15) is 5.69 Å². The van der Waals surface area contributed by atoms with Crippen molar-refractivity contribution >= 4 is 17.4 Å². The van der Waals surface area contributed by atoms with E-state index in [2.05, 4.69) is 10.2 Å². The average Bonchev–Trinajstić information content (AvgIpc) is 2.81. The summed E-state index contributed by atoms with van der Waals surface area (Å²) in [4.78, 5) is 12.5. The van der Waals surface area contributed by atoms with E-state index < -0.39 is 0 Å². The number of rotatable bonds is 3. The summed E-state index contributed by atoms with van der Waals surface area (Å²) in [7, 11) is 1.78. The topological polar surface area (TPSA) is 52.7 Å². The Morgan fingerprint density at radius 3 is 2.61 bits per heavy atom. The van der Waals surface area contributed by atoms with Crippen LogP contribution in [0.25, 0.3) is 0 Å². The first-order chi connectivity index (χ1) is 8.41. The molecule has 0 bridgehead atoms. The number of halogens is 1. The maximum Gasteiger partial charge on any atom is 0.216 e. The van der Waals surface area contributed by atoms with Crippen molar-refractivity contribution in [1.82, 2.24) is 19.6 Å². The van der Waals surface area contributed by atoms with Gasteiger partial charge in [-0.15, -0.1) is 0 Å². The number of aromatic nitrogens is 4. The van der Waals surface area contributed by atoms with Crippen LogP contribution in [0.1, 0.15) is 41.6 Å². The van der Waals surface area contributed by atoms with Gasteiger partial charge >= 0.3 is 0 Å². The van der Waals surface area contributed by atoms with Gasteiger partial charge in [0, 0.05) is 19.3 Å². The molecule has 0 aliphatic rings. The van der Waals surface area contributed by atoms with Crippen LogP contribution < -0.4 is 0 Å². The minimum absolute atomic E-state index is 0.0772. The molecule has 2 rings (SSSR count). The lowest BCUT2D eigenvalue weighted by Gasteiger charge is -2.09. The molecular formula is C12H15ClN4O. The van der Waals surface area contributed by atoms with E-state index in [1.165, 1.54) is 6.20 Å². The highest BCUT2D eigenvalue weighted by Gasteiger charge is 2.23. The molecule has 0 saturated heterocycles. The predicted molar refractivity (Wildman–Crippen MR) is 69.0 cm³/mol. The Hall–Kier alpha value is -1.62. The molecule has 0 spiro atoms. The average molecular weight is 267 g/mol. The van der Waals surface area contributed by atoms with Gasteiger partial charge in [-0.05, 0) is 20.8 Å². The van der Waals surface area contributed by atoms with Gasteiger partial charge < -0.3 is 0 Å². The third-order valence-corrected chi connectivity index (χ3v) is 2.99. The van der Waals surface area contributed by atoms with Gasteiger partial charge in [0.2, 0.25) is 5.78 Å². The lowest BCUT2D eigenvalue weighted by atomic mass is 10.1. The monoisotopic (exact) mass is 266 g/mol. The molecule has 0 aromatic carbocycles. The van der Waals surface area contributed by atoms with Crippen molar-refractivity contribution < 1.29 is 4.79 Å². The number of carbonyl (C=O) groups excluding carboxylic acids is 1. The van der Waals surface area contributed by atoms with Crippen LogP contribution in [0.4, 0.5) is 0 Å². The summed E-state index contributed by atoms with van der Waals surface area (Å²) in [6.45, 7) is 5.71. The molecule has 0 saturated carbocycles. The van der Waals surface area contributed by atoms with Gasteiger partial charge in [-0.25, -0.2) is 0 Å². The van der Waals surface area contributed by atoms with Crippen LogP contribution in [0.5, 0.6) is 0 Å². The van der Waals surface area contributed by atoms with Crippen LogP contribution >= 0.6 is 11.6 Å². The minimum Gasteiger partial charge on any atom is -0.287 e. The van der Waals surface area contributed by atoms with E-state index in [1.807, 2.05) is 13.8 Å². The summed E-state index contributed by atoms with van der Waals surface area (Å²) < 4.78 is 3.25. The first-order valence-corrected chi connectivity index (χ1v) is 6.07. The van der Waals surface area contributed by atoms with E-state index in [1.54, 1.807) is 29.5 Å². The normalized spacial score (nSPS) is 11.2. The Morgan fingerprint density at radius 2 is 2.11 bits per heavy atom. The fraction of sp³-hybridized carbons (Fsp3) is 0.417. The van der Waals surface area contributed by atoms with Gasteiger partial charge in [0.05, 0.1) is 22.5 Å². The Labute approximate surface area is 110 Å². The Balaban J connectivity index is 2.52. The number of hydrogen-bond acceptors (Lipinski definition) is 3. The van der Waals surface area contributed by atoms with Gasteiger partial charge in [-0.1, -0.05) is 11.6 Å². The number of ketones is 1. The number of carbonyl (C=O) groups is 1. The highest BCUT2D eigenvalue weighted by atomic mass is 35.5. The molecule has 0 fully saturated rings. The fourth-order valence-corrected chi connectivity index (χ4v) is 2.11. The van der Waals surface area contributed by atoms with Crippen LogP contribution in [0.3, 0.4) is 0 Å². The summed E-state index contributed by atoms with van der Waals surface area (Å²) in [6.07, 6.45) is 3.20. The zero-order valence-corrected chi connectivity index (χ0v) is 11.6. The molecule has 0 radical (unpaired) electrons. The van der Waals surface area contributed by atoms with Gasteiger partial charge in [-0.2, -0.15) is 10.2 Å². The van der Waals surface area contributed by atoms with E-state index in [-0.39, 0.29) is 11.8 Å². The number of hydrogen-bond donors (Lipinski definition) is 0. The second-order valence-electron chi connectivity index (χ2n) is 4.51. The van der Waals surface area contributed by atoms with Crippen LogP contribution in [-0.4, -0.2) is 25.3 Å². The van der Waals surface area contributed by atoms with Crippen molar-refractivity contribution in [2.45, 2.75) is 26.8 Å². The molecule has 2 heterocycles. The third kappa shape index (κ3) is 2.06. The zero-order chi connectivity index (χ0) is 13.4. The molecule has 6 heteroatoms. The van der Waals surface area contributed by atoms with Gasteiger partial charge in [0.15, 0.2) is 0 Å². The minimum atomic E-state index is -0.142. The van der Waals surface area contributed by atoms with Gasteiger partial charge in [0.25, 0.3) is 0 Å². The first kappa shape index (κ1) is 12.8.